The summed E-state index contributed by atoms with van der Waals surface area (Å²) in [5, 5.41) is 10.7. The number of anilines is 2. The molecule has 0 radical (unpaired) electrons. The number of nitrogen functional groups attached to an aromatic ring is 1. The summed E-state index contributed by atoms with van der Waals surface area (Å²) in [6, 6.07) is 12.4. The van der Waals surface area contributed by atoms with Crippen LogP contribution in [0.15, 0.2) is 48.5 Å². The average Bonchev–Trinajstić information content (AvgIpc) is 2.98. The summed E-state index contributed by atoms with van der Waals surface area (Å²) in [5.74, 6) is 0.177. The van der Waals surface area contributed by atoms with Crippen molar-refractivity contribution in [2.45, 2.75) is 13.8 Å². The van der Waals surface area contributed by atoms with Crippen molar-refractivity contribution >= 4 is 29.1 Å². The summed E-state index contributed by atoms with van der Waals surface area (Å²) >= 11 is 5.98. The quantitative estimate of drug-likeness (QED) is 0.579. The zero-order valence-electron chi connectivity index (χ0n) is 15.5. The fraction of sp³-hybridized carbons (Fsp3) is 0.200. The zero-order valence-corrected chi connectivity index (χ0v) is 16.3. The van der Waals surface area contributed by atoms with E-state index in [1.807, 2.05) is 13.8 Å². The molecule has 3 rings (SSSR count). The van der Waals surface area contributed by atoms with Crippen LogP contribution in [-0.2, 0) is 0 Å². The molecule has 0 aliphatic carbocycles. The number of carbonyl (C=O) groups is 1. The molecule has 1 aromatic heterocycles. The first-order valence-electron chi connectivity index (χ1n) is 8.80. The number of nitrogens with two attached hydrogens (primary N) is 1. The van der Waals surface area contributed by atoms with Gasteiger partial charge in [-0.3, -0.25) is 0 Å². The van der Waals surface area contributed by atoms with Crippen LogP contribution in [0.25, 0.3) is 16.9 Å². The summed E-state index contributed by atoms with van der Waals surface area (Å²) in [5.41, 5.74) is 8.44. The first-order chi connectivity index (χ1) is 13.3. The Morgan fingerprint density at radius 2 is 1.82 bits per heavy atom. The van der Waals surface area contributed by atoms with E-state index in [2.05, 4.69) is 15.7 Å². The topological polar surface area (TPSA) is 85.0 Å². The van der Waals surface area contributed by atoms with Crippen molar-refractivity contribution < 1.29 is 9.18 Å². The summed E-state index contributed by atoms with van der Waals surface area (Å²) in [6.45, 7) is 4.52. The largest absolute Gasteiger partial charge is 0.382 e. The standard InChI is InChI=1S/C20H21ClFN5O/c1-12(2)11-24-20(28)25-18-17(13-3-5-14(21)6-4-13)26-27(19(18)23)16-9-7-15(22)8-10-16/h3-10,12H,11,23H2,1-2H3,(H2,24,25,28). The molecule has 0 saturated carbocycles. The molecular formula is C20H21ClFN5O. The second kappa shape index (κ2) is 8.31. The Balaban J connectivity index is 2.03. The molecule has 0 saturated heterocycles. The molecule has 2 aromatic carbocycles. The summed E-state index contributed by atoms with van der Waals surface area (Å²) in [7, 11) is 0. The number of halogens is 2. The molecule has 0 fully saturated rings. The highest BCUT2D eigenvalue weighted by Crippen LogP contribution is 2.34. The molecule has 0 spiro atoms. The predicted molar refractivity (Wildman–Crippen MR) is 110 cm³/mol. The van der Waals surface area contributed by atoms with Crippen LogP contribution >= 0.6 is 11.6 Å². The van der Waals surface area contributed by atoms with E-state index in [0.717, 1.165) is 5.56 Å². The number of nitrogens with one attached hydrogen (secondary N) is 2. The molecule has 6 nitrogen and oxygen atoms in total. The van der Waals surface area contributed by atoms with E-state index >= 15 is 0 Å². The highest BCUT2D eigenvalue weighted by Gasteiger charge is 2.20. The van der Waals surface area contributed by atoms with Gasteiger partial charge in [0.05, 0.1) is 5.69 Å². The molecule has 2 amide bonds. The molecular weight excluding hydrogens is 381 g/mol. The number of amides is 2. The molecule has 0 atom stereocenters. The van der Waals surface area contributed by atoms with Gasteiger partial charge in [-0.15, -0.1) is 0 Å². The van der Waals surface area contributed by atoms with Crippen molar-refractivity contribution in [3.63, 3.8) is 0 Å². The van der Waals surface area contributed by atoms with Crippen LogP contribution in [0.1, 0.15) is 13.8 Å². The van der Waals surface area contributed by atoms with Gasteiger partial charge in [0.25, 0.3) is 0 Å². The van der Waals surface area contributed by atoms with Crippen molar-refractivity contribution in [2.75, 3.05) is 17.6 Å². The lowest BCUT2D eigenvalue weighted by Gasteiger charge is -2.10. The van der Waals surface area contributed by atoms with Crippen LogP contribution in [0.5, 0.6) is 0 Å². The Hall–Kier alpha value is -3.06. The van der Waals surface area contributed by atoms with Crippen LogP contribution < -0.4 is 16.4 Å². The van der Waals surface area contributed by atoms with Gasteiger partial charge in [-0.05, 0) is 42.3 Å². The van der Waals surface area contributed by atoms with Gasteiger partial charge in [-0.25, -0.2) is 13.9 Å². The van der Waals surface area contributed by atoms with Crippen molar-refractivity contribution in [3.8, 4) is 16.9 Å². The van der Waals surface area contributed by atoms with Crippen LogP contribution in [0.2, 0.25) is 5.02 Å². The lowest BCUT2D eigenvalue weighted by molar-refractivity contribution is 0.251. The fourth-order valence-electron chi connectivity index (χ4n) is 2.60. The minimum atomic E-state index is -0.380. The second-order valence-electron chi connectivity index (χ2n) is 6.73. The first-order valence-corrected chi connectivity index (χ1v) is 9.18. The zero-order chi connectivity index (χ0) is 20.3. The number of rotatable bonds is 5. The van der Waals surface area contributed by atoms with Crippen molar-refractivity contribution in [2.24, 2.45) is 5.92 Å². The maximum Gasteiger partial charge on any atom is 0.319 e. The van der Waals surface area contributed by atoms with E-state index in [0.29, 0.717) is 34.6 Å². The molecule has 146 valence electrons. The van der Waals surface area contributed by atoms with Crippen molar-refractivity contribution in [1.29, 1.82) is 0 Å². The van der Waals surface area contributed by atoms with Gasteiger partial charge in [0.15, 0.2) is 5.82 Å². The van der Waals surface area contributed by atoms with E-state index in [4.69, 9.17) is 17.3 Å². The molecule has 3 aromatic rings. The third-order valence-electron chi connectivity index (χ3n) is 4.02. The minimum Gasteiger partial charge on any atom is -0.382 e. The molecule has 0 unspecified atom stereocenters. The third-order valence-corrected chi connectivity index (χ3v) is 4.27. The highest BCUT2D eigenvalue weighted by atomic mass is 35.5. The van der Waals surface area contributed by atoms with Gasteiger partial charge < -0.3 is 16.4 Å². The molecule has 0 bridgehead atoms. The predicted octanol–water partition coefficient (Wildman–Crippen LogP) is 4.69. The van der Waals surface area contributed by atoms with E-state index in [1.54, 1.807) is 36.4 Å². The van der Waals surface area contributed by atoms with E-state index < -0.39 is 0 Å². The Morgan fingerprint density at radius 3 is 2.43 bits per heavy atom. The maximum absolute atomic E-state index is 13.3. The van der Waals surface area contributed by atoms with Gasteiger partial charge in [0.1, 0.15) is 17.2 Å². The monoisotopic (exact) mass is 401 g/mol. The van der Waals surface area contributed by atoms with E-state index in [1.165, 1.54) is 16.8 Å². The fourth-order valence-corrected chi connectivity index (χ4v) is 2.72. The Morgan fingerprint density at radius 1 is 1.18 bits per heavy atom. The Kier molecular flexibility index (Phi) is 5.84. The summed E-state index contributed by atoms with van der Waals surface area (Å²) in [4.78, 5) is 12.3. The number of nitrogens with zero attached hydrogens (tertiary/aromatic N) is 2. The molecule has 1 heterocycles. The average molecular weight is 402 g/mol. The third kappa shape index (κ3) is 4.43. The first kappa shape index (κ1) is 19.7. The normalized spacial score (nSPS) is 10.9. The van der Waals surface area contributed by atoms with Crippen LogP contribution in [0.4, 0.5) is 20.7 Å². The van der Waals surface area contributed by atoms with Gasteiger partial charge in [0.2, 0.25) is 0 Å². The lowest BCUT2D eigenvalue weighted by Crippen LogP contribution is -2.32. The second-order valence-corrected chi connectivity index (χ2v) is 7.17. The highest BCUT2D eigenvalue weighted by molar-refractivity contribution is 6.30. The van der Waals surface area contributed by atoms with E-state index in [-0.39, 0.29) is 17.7 Å². The van der Waals surface area contributed by atoms with Crippen molar-refractivity contribution in [3.05, 3.63) is 59.4 Å². The van der Waals surface area contributed by atoms with E-state index in [9.17, 15) is 9.18 Å². The molecule has 8 heteroatoms. The van der Waals surface area contributed by atoms with Gasteiger partial charge in [0, 0.05) is 17.1 Å². The number of benzene rings is 2. The summed E-state index contributed by atoms with van der Waals surface area (Å²) in [6.07, 6.45) is 0. The number of hydrogen-bond donors (Lipinski definition) is 3. The van der Waals surface area contributed by atoms with Gasteiger partial charge in [-0.1, -0.05) is 37.6 Å². The number of urea groups is 1. The lowest BCUT2D eigenvalue weighted by atomic mass is 10.1. The Labute approximate surface area is 167 Å². The molecule has 0 aliphatic rings. The molecule has 0 aliphatic heterocycles. The molecule has 28 heavy (non-hydrogen) atoms. The number of aromatic nitrogens is 2. The SMILES string of the molecule is CC(C)CNC(=O)Nc1c(-c2ccc(Cl)cc2)nn(-c2ccc(F)cc2)c1N. The number of hydrogen-bond acceptors (Lipinski definition) is 3. The van der Waals surface area contributed by atoms with Crippen LogP contribution in [-0.4, -0.2) is 22.4 Å². The van der Waals surface area contributed by atoms with Gasteiger partial charge >= 0.3 is 6.03 Å². The van der Waals surface area contributed by atoms with Crippen molar-refractivity contribution in [1.82, 2.24) is 15.1 Å². The summed E-state index contributed by atoms with van der Waals surface area (Å²) < 4.78 is 14.7. The smallest absolute Gasteiger partial charge is 0.319 e. The number of carbonyl (C=O) groups excluding carboxylic acids is 1. The Bertz CT molecular complexity index is 968. The molecule has 4 N–H and O–H groups in total. The van der Waals surface area contributed by atoms with Crippen LogP contribution in [0.3, 0.4) is 0 Å². The minimum absolute atomic E-state index is 0.233. The maximum atomic E-state index is 13.3. The van der Waals surface area contributed by atoms with Gasteiger partial charge in [-0.2, -0.15) is 5.10 Å². The van der Waals surface area contributed by atoms with Crippen LogP contribution in [0, 0.1) is 11.7 Å².